The number of benzene rings is 2. The van der Waals surface area contributed by atoms with Gasteiger partial charge in [-0.3, -0.25) is 14.2 Å². The van der Waals surface area contributed by atoms with Crippen LogP contribution < -0.4 is 21.4 Å². The summed E-state index contributed by atoms with van der Waals surface area (Å²) in [6.07, 6.45) is 1.42. The zero-order chi connectivity index (χ0) is 24.9. The zero-order valence-corrected chi connectivity index (χ0v) is 19.1. The maximum Gasteiger partial charge on any atom is 0.333 e. The lowest BCUT2D eigenvalue weighted by molar-refractivity contribution is -0.135. The summed E-state index contributed by atoms with van der Waals surface area (Å²) in [5.41, 5.74) is 0.339. The first-order valence-electron chi connectivity index (χ1n) is 10.7. The molecule has 0 unspecified atom stereocenters. The minimum atomic E-state index is -0.829. The number of aromatic nitrogens is 4. The van der Waals surface area contributed by atoms with Crippen molar-refractivity contribution >= 4 is 28.1 Å². The van der Waals surface area contributed by atoms with Crippen molar-refractivity contribution in [1.29, 1.82) is 0 Å². The fourth-order valence-electron chi connectivity index (χ4n) is 4.12. The number of rotatable bonds is 4. The Balaban J connectivity index is 1.47. The van der Waals surface area contributed by atoms with Gasteiger partial charge in [0, 0.05) is 20.2 Å². The van der Waals surface area contributed by atoms with Gasteiger partial charge in [-0.25, -0.2) is 19.1 Å². The van der Waals surface area contributed by atoms with E-state index in [-0.39, 0.29) is 27.9 Å². The molecule has 0 saturated heterocycles. The van der Waals surface area contributed by atoms with Crippen LogP contribution in [0, 0.1) is 6.92 Å². The molecule has 176 valence electrons. The van der Waals surface area contributed by atoms with Crippen LogP contribution in [0.25, 0.3) is 33.3 Å². The molecule has 2 aromatic carbocycles. The van der Waals surface area contributed by atoms with Gasteiger partial charge in [-0.15, -0.1) is 0 Å². The number of aryl methyl sites for hydroxylation is 3. The van der Waals surface area contributed by atoms with Crippen molar-refractivity contribution in [3.63, 3.8) is 0 Å². The highest BCUT2D eigenvalue weighted by atomic mass is 16.5. The molecule has 0 saturated carbocycles. The normalized spacial score (nSPS) is 11.3. The van der Waals surface area contributed by atoms with Gasteiger partial charge in [0.1, 0.15) is 23.6 Å². The van der Waals surface area contributed by atoms with E-state index in [4.69, 9.17) is 9.15 Å². The third-order valence-electron chi connectivity index (χ3n) is 5.82. The van der Waals surface area contributed by atoms with E-state index in [0.717, 1.165) is 10.1 Å². The quantitative estimate of drug-likeness (QED) is 0.290. The van der Waals surface area contributed by atoms with Crippen molar-refractivity contribution in [1.82, 2.24) is 18.7 Å². The van der Waals surface area contributed by atoms with Crippen LogP contribution in [0.1, 0.15) is 5.76 Å². The van der Waals surface area contributed by atoms with E-state index >= 15 is 0 Å². The van der Waals surface area contributed by atoms with Crippen molar-refractivity contribution in [3.8, 4) is 16.9 Å². The molecule has 0 aliphatic rings. The second-order valence-corrected chi connectivity index (χ2v) is 8.12. The number of ether oxygens (including phenoxy) is 1. The Labute approximate surface area is 197 Å². The first-order valence-corrected chi connectivity index (χ1v) is 10.7. The average Bonchev–Trinajstić information content (AvgIpc) is 3.22. The molecule has 5 rings (SSSR count). The number of carbonyl (C=O) groups is 1. The molecule has 5 aromatic rings. The molecule has 35 heavy (non-hydrogen) atoms. The van der Waals surface area contributed by atoms with Crippen LogP contribution in [0.4, 0.5) is 0 Å². The van der Waals surface area contributed by atoms with Crippen LogP contribution in [-0.2, 0) is 25.4 Å². The third-order valence-corrected chi connectivity index (χ3v) is 5.82. The van der Waals surface area contributed by atoms with Crippen LogP contribution in [0.15, 0.2) is 73.7 Å². The summed E-state index contributed by atoms with van der Waals surface area (Å²) < 4.78 is 14.7. The molecule has 3 heterocycles. The van der Waals surface area contributed by atoms with Crippen molar-refractivity contribution in [3.05, 3.63) is 91.7 Å². The average molecular weight is 472 g/mol. The van der Waals surface area contributed by atoms with Crippen LogP contribution in [0.2, 0.25) is 0 Å². The van der Waals surface area contributed by atoms with E-state index in [9.17, 15) is 19.2 Å². The van der Waals surface area contributed by atoms with Gasteiger partial charge in [0.15, 0.2) is 11.2 Å². The Morgan fingerprint density at radius 2 is 1.80 bits per heavy atom. The van der Waals surface area contributed by atoms with Gasteiger partial charge in [-0.05, 0) is 24.6 Å². The van der Waals surface area contributed by atoms with Crippen LogP contribution >= 0.6 is 0 Å². The van der Waals surface area contributed by atoms with Gasteiger partial charge in [-0.2, -0.15) is 0 Å². The maximum absolute atomic E-state index is 13.1. The fraction of sp³-hybridized carbons (Fsp3) is 0.160. The Morgan fingerprint density at radius 3 is 2.54 bits per heavy atom. The van der Waals surface area contributed by atoms with Gasteiger partial charge in [0.05, 0.1) is 17.3 Å². The number of carbonyl (C=O) groups excluding carboxylic acids is 1. The summed E-state index contributed by atoms with van der Waals surface area (Å²) >= 11 is 0. The molecule has 0 aliphatic carbocycles. The number of hydrogen-bond donors (Lipinski definition) is 0. The van der Waals surface area contributed by atoms with E-state index in [1.54, 1.807) is 14.0 Å². The monoisotopic (exact) mass is 472 g/mol. The summed E-state index contributed by atoms with van der Waals surface area (Å²) in [6, 6.07) is 13.6. The number of hydrogen-bond acceptors (Lipinski definition) is 7. The largest absolute Gasteiger partial charge is 0.460 e. The Kier molecular flexibility index (Phi) is 5.20. The molecular formula is C25H20N4O6. The molecule has 0 spiro atoms. The second-order valence-electron chi connectivity index (χ2n) is 8.12. The van der Waals surface area contributed by atoms with E-state index in [1.165, 1.54) is 40.7 Å². The smallest absolute Gasteiger partial charge is 0.333 e. The molecule has 10 nitrogen and oxygen atoms in total. The van der Waals surface area contributed by atoms with Crippen LogP contribution in [-0.4, -0.2) is 24.7 Å². The Bertz CT molecular complexity index is 1810. The minimum Gasteiger partial charge on any atom is -0.460 e. The SMILES string of the molecule is Cc1oc2cc(OC(=O)Cn3c(=O)c4c(ncn4C)n(C)c3=O)ccc2c(=O)c1-c1ccccc1. The Morgan fingerprint density at radius 1 is 1.06 bits per heavy atom. The lowest BCUT2D eigenvalue weighted by atomic mass is 10.0. The predicted octanol–water partition coefficient (Wildman–Crippen LogP) is 2.12. The summed E-state index contributed by atoms with van der Waals surface area (Å²) in [4.78, 5) is 55.2. The highest BCUT2D eigenvalue weighted by Gasteiger charge is 2.19. The highest BCUT2D eigenvalue weighted by molar-refractivity contribution is 5.84. The first-order chi connectivity index (χ1) is 16.8. The van der Waals surface area contributed by atoms with Crippen molar-refractivity contribution in [2.45, 2.75) is 13.5 Å². The molecule has 10 heteroatoms. The number of imidazole rings is 1. The lowest BCUT2D eigenvalue weighted by Gasteiger charge is -2.10. The van der Waals surface area contributed by atoms with E-state index in [0.29, 0.717) is 16.7 Å². The summed E-state index contributed by atoms with van der Waals surface area (Å²) in [5.74, 6) is -0.286. The molecule has 0 atom stereocenters. The number of nitrogens with zero attached hydrogens (tertiary/aromatic N) is 4. The van der Waals surface area contributed by atoms with E-state index < -0.39 is 23.8 Å². The van der Waals surface area contributed by atoms with Gasteiger partial charge >= 0.3 is 11.7 Å². The third kappa shape index (κ3) is 3.65. The molecule has 0 N–H and O–H groups in total. The molecule has 0 bridgehead atoms. The van der Waals surface area contributed by atoms with Crippen molar-refractivity contribution in [2.24, 2.45) is 14.1 Å². The minimum absolute atomic E-state index is 0.115. The second kappa shape index (κ2) is 8.24. The van der Waals surface area contributed by atoms with E-state index in [1.807, 2.05) is 30.3 Å². The number of fused-ring (bicyclic) bond motifs is 2. The van der Waals surface area contributed by atoms with Crippen molar-refractivity contribution < 1.29 is 13.9 Å². The van der Waals surface area contributed by atoms with Gasteiger partial charge in [-0.1, -0.05) is 30.3 Å². The highest BCUT2D eigenvalue weighted by Crippen LogP contribution is 2.26. The maximum atomic E-state index is 13.1. The molecular weight excluding hydrogens is 452 g/mol. The van der Waals surface area contributed by atoms with Crippen molar-refractivity contribution in [2.75, 3.05) is 0 Å². The molecule has 0 amide bonds. The van der Waals surface area contributed by atoms with Gasteiger partial charge in [0.25, 0.3) is 5.56 Å². The standard InChI is InChI=1S/C25H20N4O6/c1-14-20(15-7-5-4-6-8-15)22(31)17-10-9-16(11-18(17)34-14)35-19(30)12-29-24(32)21-23(26-13-27(21)2)28(3)25(29)33/h4-11,13H,12H2,1-3H3. The van der Waals surface area contributed by atoms with Crippen LogP contribution in [0.3, 0.4) is 0 Å². The molecule has 3 aromatic heterocycles. The predicted molar refractivity (Wildman–Crippen MR) is 129 cm³/mol. The molecule has 0 fully saturated rings. The topological polar surface area (TPSA) is 118 Å². The summed E-state index contributed by atoms with van der Waals surface area (Å²) in [6.45, 7) is 1.10. The fourth-order valence-corrected chi connectivity index (χ4v) is 4.12. The lowest BCUT2D eigenvalue weighted by Crippen LogP contribution is -2.42. The van der Waals surface area contributed by atoms with Crippen LogP contribution in [0.5, 0.6) is 5.75 Å². The van der Waals surface area contributed by atoms with Gasteiger partial charge in [0.2, 0.25) is 5.43 Å². The molecule has 0 radical (unpaired) electrons. The molecule has 0 aliphatic heterocycles. The summed E-state index contributed by atoms with van der Waals surface area (Å²) in [7, 11) is 3.09. The zero-order valence-electron chi connectivity index (χ0n) is 19.1. The Hall–Kier alpha value is -4.73. The summed E-state index contributed by atoms with van der Waals surface area (Å²) in [5, 5.41) is 0.334. The first kappa shape index (κ1) is 22.1. The van der Waals surface area contributed by atoms with E-state index in [2.05, 4.69) is 4.98 Å². The van der Waals surface area contributed by atoms with Gasteiger partial charge < -0.3 is 13.7 Å². The number of esters is 1.